The molecule has 0 aliphatic carbocycles. The molecule has 4 nitrogen and oxygen atoms in total. The summed E-state index contributed by atoms with van der Waals surface area (Å²) in [5.74, 6) is 0.581. The average molecular weight is 293 g/mol. The molecule has 0 fully saturated rings. The number of aryl methyl sites for hydroxylation is 2. The third-order valence-corrected chi connectivity index (χ3v) is 3.70. The molecular formula is C18H19N3O. The molecule has 0 radical (unpaired) electrons. The van der Waals surface area contributed by atoms with Crippen molar-refractivity contribution in [2.45, 2.75) is 20.4 Å². The molecule has 0 amide bonds. The zero-order chi connectivity index (χ0) is 15.4. The predicted molar refractivity (Wildman–Crippen MR) is 86.9 cm³/mol. The highest BCUT2D eigenvalue weighted by atomic mass is 16.5. The van der Waals surface area contributed by atoms with E-state index in [1.165, 1.54) is 11.1 Å². The lowest BCUT2D eigenvalue weighted by Crippen LogP contribution is -2.08. The maximum absolute atomic E-state index is 5.84. The third-order valence-electron chi connectivity index (χ3n) is 3.70. The van der Waals surface area contributed by atoms with Crippen LogP contribution in [0.2, 0.25) is 0 Å². The number of hydrogen-bond donors (Lipinski definition) is 0. The van der Waals surface area contributed by atoms with Crippen molar-refractivity contribution in [2.24, 2.45) is 0 Å². The van der Waals surface area contributed by atoms with Crippen molar-refractivity contribution < 1.29 is 4.74 Å². The molecule has 0 atom stereocenters. The van der Waals surface area contributed by atoms with Crippen molar-refractivity contribution in [3.63, 3.8) is 0 Å². The van der Waals surface area contributed by atoms with Crippen LogP contribution in [0.4, 0.5) is 0 Å². The van der Waals surface area contributed by atoms with Gasteiger partial charge in [0.2, 0.25) is 5.88 Å². The lowest BCUT2D eigenvalue weighted by Gasteiger charge is -2.11. The SMILES string of the molecule is Cc1ccc(-c2nccnc2OCCn2cccc2)cc1C. The molecule has 2 aromatic heterocycles. The molecule has 22 heavy (non-hydrogen) atoms. The number of ether oxygens (including phenoxy) is 1. The summed E-state index contributed by atoms with van der Waals surface area (Å²) < 4.78 is 7.92. The van der Waals surface area contributed by atoms with E-state index < -0.39 is 0 Å². The molecular weight excluding hydrogens is 274 g/mol. The van der Waals surface area contributed by atoms with E-state index in [9.17, 15) is 0 Å². The first kappa shape index (κ1) is 14.3. The summed E-state index contributed by atoms with van der Waals surface area (Å²) in [5.41, 5.74) is 4.33. The van der Waals surface area contributed by atoms with Crippen LogP contribution in [-0.4, -0.2) is 21.1 Å². The largest absolute Gasteiger partial charge is 0.474 e. The van der Waals surface area contributed by atoms with Crippen LogP contribution in [0.25, 0.3) is 11.3 Å². The van der Waals surface area contributed by atoms with E-state index in [-0.39, 0.29) is 0 Å². The highest BCUT2D eigenvalue weighted by Crippen LogP contribution is 2.27. The van der Waals surface area contributed by atoms with Crippen LogP contribution in [0.5, 0.6) is 5.88 Å². The first-order valence-corrected chi connectivity index (χ1v) is 7.36. The van der Waals surface area contributed by atoms with Gasteiger partial charge in [0.25, 0.3) is 0 Å². The Balaban J connectivity index is 1.78. The molecule has 0 aliphatic heterocycles. The van der Waals surface area contributed by atoms with Crippen molar-refractivity contribution in [3.8, 4) is 17.1 Å². The van der Waals surface area contributed by atoms with Gasteiger partial charge in [-0.15, -0.1) is 0 Å². The molecule has 0 spiro atoms. The summed E-state index contributed by atoms with van der Waals surface area (Å²) in [5, 5.41) is 0. The smallest absolute Gasteiger partial charge is 0.240 e. The minimum atomic E-state index is 0.561. The average Bonchev–Trinajstić information content (AvgIpc) is 3.04. The fourth-order valence-electron chi connectivity index (χ4n) is 2.28. The lowest BCUT2D eigenvalue weighted by atomic mass is 10.0. The quantitative estimate of drug-likeness (QED) is 0.721. The Morgan fingerprint density at radius 2 is 1.77 bits per heavy atom. The van der Waals surface area contributed by atoms with Crippen LogP contribution in [-0.2, 0) is 6.54 Å². The summed E-state index contributed by atoms with van der Waals surface area (Å²) in [6.07, 6.45) is 7.40. The summed E-state index contributed by atoms with van der Waals surface area (Å²) >= 11 is 0. The maximum Gasteiger partial charge on any atom is 0.240 e. The second-order valence-electron chi connectivity index (χ2n) is 5.28. The van der Waals surface area contributed by atoms with E-state index in [1.807, 2.05) is 24.5 Å². The molecule has 0 saturated carbocycles. The monoisotopic (exact) mass is 293 g/mol. The van der Waals surface area contributed by atoms with E-state index in [1.54, 1.807) is 12.4 Å². The van der Waals surface area contributed by atoms with Crippen LogP contribution in [0, 0.1) is 13.8 Å². The number of benzene rings is 1. The maximum atomic E-state index is 5.84. The predicted octanol–water partition coefficient (Wildman–Crippen LogP) is 3.64. The molecule has 1 aromatic carbocycles. The number of nitrogens with zero attached hydrogens (tertiary/aromatic N) is 3. The van der Waals surface area contributed by atoms with Crippen LogP contribution in [0.1, 0.15) is 11.1 Å². The molecule has 112 valence electrons. The Morgan fingerprint density at radius 1 is 1.00 bits per heavy atom. The van der Waals surface area contributed by atoms with Gasteiger partial charge in [-0.2, -0.15) is 0 Å². The van der Waals surface area contributed by atoms with E-state index in [0.29, 0.717) is 12.5 Å². The molecule has 0 bridgehead atoms. The van der Waals surface area contributed by atoms with Crippen molar-refractivity contribution in [3.05, 3.63) is 66.2 Å². The van der Waals surface area contributed by atoms with Gasteiger partial charge in [-0.05, 0) is 43.2 Å². The molecule has 2 heterocycles. The third kappa shape index (κ3) is 3.17. The van der Waals surface area contributed by atoms with Gasteiger partial charge in [0.15, 0.2) is 0 Å². The van der Waals surface area contributed by atoms with Crippen molar-refractivity contribution in [1.82, 2.24) is 14.5 Å². The van der Waals surface area contributed by atoms with Gasteiger partial charge < -0.3 is 9.30 Å². The fourth-order valence-corrected chi connectivity index (χ4v) is 2.28. The Hall–Kier alpha value is -2.62. The van der Waals surface area contributed by atoms with Crippen molar-refractivity contribution in [2.75, 3.05) is 6.61 Å². The molecule has 0 saturated heterocycles. The summed E-state index contributed by atoms with van der Waals surface area (Å²) in [6.45, 7) is 5.55. The molecule has 3 rings (SSSR count). The van der Waals surface area contributed by atoms with E-state index >= 15 is 0 Å². The summed E-state index contributed by atoms with van der Waals surface area (Å²) in [7, 11) is 0. The minimum Gasteiger partial charge on any atom is -0.474 e. The Labute approximate surface area is 130 Å². The zero-order valence-corrected chi connectivity index (χ0v) is 12.9. The Bertz CT molecular complexity index is 751. The summed E-state index contributed by atoms with van der Waals surface area (Å²) in [6, 6.07) is 10.3. The van der Waals surface area contributed by atoms with Gasteiger partial charge in [-0.25, -0.2) is 9.97 Å². The van der Waals surface area contributed by atoms with E-state index in [0.717, 1.165) is 17.8 Å². The van der Waals surface area contributed by atoms with Gasteiger partial charge in [0.1, 0.15) is 12.3 Å². The normalized spacial score (nSPS) is 10.6. The van der Waals surface area contributed by atoms with Crippen LogP contribution >= 0.6 is 0 Å². The second-order valence-corrected chi connectivity index (χ2v) is 5.28. The fraction of sp³-hybridized carbons (Fsp3) is 0.222. The van der Waals surface area contributed by atoms with Crippen LogP contribution in [0.3, 0.4) is 0 Å². The zero-order valence-electron chi connectivity index (χ0n) is 12.9. The van der Waals surface area contributed by atoms with Crippen molar-refractivity contribution >= 4 is 0 Å². The van der Waals surface area contributed by atoms with E-state index in [4.69, 9.17) is 4.74 Å². The Kier molecular flexibility index (Phi) is 4.19. The Morgan fingerprint density at radius 3 is 2.55 bits per heavy atom. The van der Waals surface area contributed by atoms with Crippen LogP contribution < -0.4 is 4.74 Å². The van der Waals surface area contributed by atoms with E-state index in [2.05, 4.69) is 46.6 Å². The minimum absolute atomic E-state index is 0.561. The number of rotatable bonds is 5. The van der Waals surface area contributed by atoms with Crippen LogP contribution in [0.15, 0.2) is 55.1 Å². The summed E-state index contributed by atoms with van der Waals surface area (Å²) in [4.78, 5) is 8.77. The standard InChI is InChI=1S/C18H19N3O/c1-14-5-6-16(13-15(14)2)17-18(20-8-7-19-17)22-12-11-21-9-3-4-10-21/h3-10,13H,11-12H2,1-2H3. The van der Waals surface area contributed by atoms with Gasteiger partial charge in [-0.1, -0.05) is 12.1 Å². The van der Waals surface area contributed by atoms with Gasteiger partial charge in [0, 0.05) is 30.4 Å². The van der Waals surface area contributed by atoms with Crippen molar-refractivity contribution in [1.29, 1.82) is 0 Å². The number of hydrogen-bond acceptors (Lipinski definition) is 3. The molecule has 4 heteroatoms. The molecule has 0 aliphatic rings. The highest BCUT2D eigenvalue weighted by Gasteiger charge is 2.10. The van der Waals surface area contributed by atoms with Gasteiger partial charge >= 0.3 is 0 Å². The highest BCUT2D eigenvalue weighted by molar-refractivity contribution is 5.65. The molecule has 0 unspecified atom stereocenters. The molecule has 0 N–H and O–H groups in total. The second kappa shape index (κ2) is 6.43. The first-order valence-electron chi connectivity index (χ1n) is 7.36. The van der Waals surface area contributed by atoms with Gasteiger partial charge in [0.05, 0.1) is 6.54 Å². The van der Waals surface area contributed by atoms with Gasteiger partial charge in [-0.3, -0.25) is 0 Å². The topological polar surface area (TPSA) is 39.9 Å². The number of aromatic nitrogens is 3. The lowest BCUT2D eigenvalue weighted by molar-refractivity contribution is 0.288. The first-order chi connectivity index (χ1) is 10.7. The molecule has 3 aromatic rings.